The van der Waals surface area contributed by atoms with Crippen molar-refractivity contribution < 1.29 is 33.0 Å². The van der Waals surface area contributed by atoms with E-state index in [2.05, 4.69) is 43.0 Å². The first-order valence-corrected chi connectivity index (χ1v) is 17.1. The second-order valence-corrected chi connectivity index (χ2v) is 14.1. The van der Waals surface area contributed by atoms with Crippen molar-refractivity contribution in [3.05, 3.63) is 89.4 Å². The molecule has 2 aliphatic carbocycles. The molecule has 1 saturated carbocycles. The van der Waals surface area contributed by atoms with Gasteiger partial charge in [-0.15, -0.1) is 0 Å². The van der Waals surface area contributed by atoms with Crippen molar-refractivity contribution in [2.24, 2.45) is 5.92 Å². The van der Waals surface area contributed by atoms with Crippen LogP contribution in [0, 0.1) is 5.92 Å². The van der Waals surface area contributed by atoms with Crippen molar-refractivity contribution in [3.8, 4) is 11.5 Å². The van der Waals surface area contributed by atoms with Crippen LogP contribution >= 0.6 is 0 Å². The number of amides is 1. The fraction of sp³-hybridized carbons (Fsp3) is 0.462. The van der Waals surface area contributed by atoms with Crippen molar-refractivity contribution in [2.45, 2.75) is 89.0 Å². The number of carbonyl (C=O) groups excluding carboxylic acids is 3. The Balaban J connectivity index is 1.34. The number of esters is 2. The Hall–Kier alpha value is -4.37. The molecule has 2 unspecified atom stereocenters. The Bertz CT molecular complexity index is 1720. The first-order valence-electron chi connectivity index (χ1n) is 17.1. The Morgan fingerprint density at radius 3 is 2.58 bits per heavy atom. The number of hydrogen-bond donors (Lipinski definition) is 0. The first-order chi connectivity index (χ1) is 23.1. The van der Waals surface area contributed by atoms with Crippen LogP contribution in [0.4, 0.5) is 0 Å². The monoisotopic (exact) mass is 652 g/mol. The third-order valence-corrected chi connectivity index (χ3v) is 10.8. The molecule has 1 saturated heterocycles. The minimum absolute atomic E-state index is 0.0841. The minimum Gasteiger partial charge on any atom is -0.483 e. The van der Waals surface area contributed by atoms with Gasteiger partial charge in [0.2, 0.25) is 5.91 Å². The highest BCUT2D eigenvalue weighted by molar-refractivity contribution is 5.92. The molecule has 7 rings (SSSR count). The topological polar surface area (TPSA) is 98.5 Å². The number of hydrogen-bond acceptors (Lipinski definition) is 8. The average molecular weight is 653 g/mol. The van der Waals surface area contributed by atoms with Gasteiger partial charge in [-0.2, -0.15) is 0 Å². The van der Waals surface area contributed by atoms with Crippen molar-refractivity contribution in [3.63, 3.8) is 0 Å². The predicted octanol–water partition coefficient (Wildman–Crippen LogP) is 5.74. The van der Waals surface area contributed by atoms with Gasteiger partial charge in [-0.25, -0.2) is 0 Å². The summed E-state index contributed by atoms with van der Waals surface area (Å²) in [5.74, 6) is 0.232. The highest BCUT2D eigenvalue weighted by atomic mass is 16.6. The van der Waals surface area contributed by atoms with Crippen LogP contribution in [0.25, 0.3) is 6.08 Å². The Morgan fingerprint density at radius 1 is 1.06 bits per heavy atom. The smallest absolute Gasteiger partial charge is 0.308 e. The number of nitrogens with zero attached hydrogens (tertiary/aromatic N) is 2. The molecule has 48 heavy (non-hydrogen) atoms. The van der Waals surface area contributed by atoms with Crippen molar-refractivity contribution in [1.29, 1.82) is 0 Å². The number of benzene rings is 2. The first kappa shape index (κ1) is 32.2. The molecule has 2 aliphatic heterocycles. The maximum Gasteiger partial charge on any atom is 0.308 e. The van der Waals surface area contributed by atoms with E-state index in [1.165, 1.54) is 19.4 Å². The van der Waals surface area contributed by atoms with E-state index in [0.29, 0.717) is 43.7 Å². The van der Waals surface area contributed by atoms with Crippen molar-refractivity contribution in [2.75, 3.05) is 19.6 Å². The summed E-state index contributed by atoms with van der Waals surface area (Å²) in [7, 11) is 0. The molecule has 0 N–H and O–H groups in total. The van der Waals surface area contributed by atoms with Gasteiger partial charge in [-0.3, -0.25) is 19.3 Å². The van der Waals surface area contributed by atoms with Gasteiger partial charge in [0, 0.05) is 44.1 Å². The Morgan fingerprint density at radius 2 is 1.88 bits per heavy atom. The second-order valence-electron chi connectivity index (χ2n) is 14.1. The van der Waals surface area contributed by atoms with E-state index >= 15 is 0 Å². The normalized spacial score (nSPS) is 27.0. The Labute approximate surface area is 281 Å². The van der Waals surface area contributed by atoms with Crippen molar-refractivity contribution in [1.82, 2.24) is 9.80 Å². The molecule has 3 heterocycles. The lowest BCUT2D eigenvalue weighted by atomic mass is 9.48. The van der Waals surface area contributed by atoms with Crippen LogP contribution < -0.4 is 9.47 Å². The van der Waals surface area contributed by atoms with Crippen LogP contribution in [0.5, 0.6) is 11.5 Å². The molecule has 2 bridgehead atoms. The molecule has 4 aliphatic rings. The van der Waals surface area contributed by atoms with Crippen LogP contribution in [0.2, 0.25) is 0 Å². The van der Waals surface area contributed by atoms with Crippen LogP contribution in [0.1, 0.15) is 69.2 Å². The molecule has 5 atom stereocenters. The fourth-order valence-corrected chi connectivity index (χ4v) is 9.18. The van der Waals surface area contributed by atoms with E-state index in [-0.39, 0.29) is 29.9 Å². The van der Waals surface area contributed by atoms with E-state index in [9.17, 15) is 14.4 Å². The summed E-state index contributed by atoms with van der Waals surface area (Å²) >= 11 is 0. The van der Waals surface area contributed by atoms with Gasteiger partial charge in [-0.1, -0.05) is 50.2 Å². The molecule has 1 spiro atoms. The number of furan rings is 1. The number of ether oxygens (including phenoxy) is 3. The van der Waals surface area contributed by atoms with E-state index < -0.39 is 23.1 Å². The molecular formula is C39H44N2O7. The summed E-state index contributed by atoms with van der Waals surface area (Å²) in [4.78, 5) is 44.0. The third kappa shape index (κ3) is 5.32. The molecule has 252 valence electrons. The standard InChI is InChI=1S/C39H44N2O7/c1-25(2)23-41(34(44)13-10-29-16-21-45-24-29)31-14-17-39(48-27(4)43)33-22-30-11-12-32(46-26(3)42)36-35(30)38(39,37(31)47-36)18-20-40(33)19-15-28-8-6-5-7-9-28/h5-13,16,21,24-25,31,33,37H,14-15,17-20,22-23H2,1-4H3/b13-10+/t31?,33-,37?,38+,39-/m1/s1. The largest absolute Gasteiger partial charge is 0.483 e. The van der Waals surface area contributed by atoms with Gasteiger partial charge < -0.3 is 23.5 Å². The van der Waals surface area contributed by atoms with Crippen LogP contribution in [-0.4, -0.2) is 71.1 Å². The Kier molecular flexibility index (Phi) is 8.44. The zero-order chi connectivity index (χ0) is 33.6. The predicted molar refractivity (Wildman–Crippen MR) is 179 cm³/mol. The summed E-state index contributed by atoms with van der Waals surface area (Å²) in [5, 5.41) is 0. The summed E-state index contributed by atoms with van der Waals surface area (Å²) in [5.41, 5.74) is 2.53. The number of rotatable bonds is 10. The lowest BCUT2D eigenvalue weighted by Gasteiger charge is -2.65. The quantitative estimate of drug-likeness (QED) is 0.155. The molecule has 2 fully saturated rings. The van der Waals surface area contributed by atoms with Gasteiger partial charge in [0.05, 0.1) is 30.0 Å². The zero-order valence-corrected chi connectivity index (χ0v) is 28.1. The zero-order valence-electron chi connectivity index (χ0n) is 28.1. The molecule has 9 nitrogen and oxygen atoms in total. The third-order valence-electron chi connectivity index (χ3n) is 10.8. The molecule has 0 radical (unpaired) electrons. The maximum atomic E-state index is 14.1. The van der Waals surface area contributed by atoms with E-state index in [1.807, 2.05) is 29.2 Å². The second kappa shape index (κ2) is 12.6. The van der Waals surface area contributed by atoms with Crippen molar-refractivity contribution >= 4 is 23.9 Å². The van der Waals surface area contributed by atoms with Gasteiger partial charge >= 0.3 is 11.9 Å². The number of likely N-dealkylation sites (tertiary alicyclic amines) is 1. The summed E-state index contributed by atoms with van der Waals surface area (Å²) in [6.45, 7) is 9.22. The van der Waals surface area contributed by atoms with E-state index in [1.54, 1.807) is 24.7 Å². The summed E-state index contributed by atoms with van der Waals surface area (Å²) in [6.07, 6.45) is 9.44. The van der Waals surface area contributed by atoms with Crippen LogP contribution in [-0.2, 0) is 37.4 Å². The average Bonchev–Trinajstić information content (AvgIpc) is 3.69. The van der Waals surface area contributed by atoms with Gasteiger partial charge in [0.15, 0.2) is 11.5 Å². The van der Waals surface area contributed by atoms with Gasteiger partial charge in [0.1, 0.15) is 11.7 Å². The fourth-order valence-electron chi connectivity index (χ4n) is 9.18. The van der Waals surface area contributed by atoms with E-state index in [4.69, 9.17) is 18.6 Å². The summed E-state index contributed by atoms with van der Waals surface area (Å²) < 4.78 is 24.7. The minimum atomic E-state index is -0.888. The van der Waals surface area contributed by atoms with Gasteiger partial charge in [-0.05, 0) is 73.9 Å². The highest BCUT2D eigenvalue weighted by Gasteiger charge is 2.75. The van der Waals surface area contributed by atoms with Crippen LogP contribution in [0.15, 0.2) is 71.6 Å². The molecule has 3 aromatic rings. The molecule has 1 aromatic heterocycles. The lowest BCUT2D eigenvalue weighted by Crippen LogP contribution is -2.79. The molecule has 9 heteroatoms. The molecular weight excluding hydrogens is 608 g/mol. The molecule has 2 aromatic carbocycles. The number of carbonyl (C=O) groups is 3. The van der Waals surface area contributed by atoms with Crippen LogP contribution in [0.3, 0.4) is 0 Å². The SMILES string of the molecule is CC(=O)Oc1ccc2c3c1OC1C(N(CC(C)C)C(=O)/C=C/c4ccoc4)CC[C@@]4(OC(C)=O)[C@@H](C2)N(CCc2ccccc2)CC[C@]314. The van der Waals surface area contributed by atoms with Gasteiger partial charge in [0.25, 0.3) is 0 Å². The molecule has 1 amide bonds. The maximum absolute atomic E-state index is 14.1. The summed E-state index contributed by atoms with van der Waals surface area (Å²) in [6, 6.07) is 15.8. The number of piperidine rings is 1. The lowest BCUT2D eigenvalue weighted by molar-refractivity contribution is -0.224. The van der Waals surface area contributed by atoms with E-state index in [0.717, 1.165) is 36.2 Å². The highest BCUT2D eigenvalue weighted by Crippen LogP contribution is 2.67.